The second kappa shape index (κ2) is 6.05. The number of benzene rings is 2. The van der Waals surface area contributed by atoms with Crippen molar-refractivity contribution in [1.82, 2.24) is 0 Å². The van der Waals surface area contributed by atoms with E-state index in [1.807, 2.05) is 54.6 Å². The number of methoxy groups -OCH3 is 1. The number of ether oxygens (including phenoxy) is 2. The van der Waals surface area contributed by atoms with Gasteiger partial charge in [0.1, 0.15) is 5.75 Å². The second-order valence-electron chi connectivity index (χ2n) is 4.17. The van der Waals surface area contributed by atoms with Crippen molar-refractivity contribution in [1.29, 1.82) is 0 Å². The molecule has 3 heteroatoms. The third-order valence-electron chi connectivity index (χ3n) is 2.81. The molecule has 0 saturated carbocycles. The molecule has 0 N–H and O–H groups in total. The monoisotopic (exact) mass is 256 g/mol. The molecule has 0 saturated heterocycles. The Hall–Kier alpha value is -2.29. The molecule has 98 valence electrons. The van der Waals surface area contributed by atoms with Crippen LogP contribution in [0.4, 0.5) is 0 Å². The minimum Gasteiger partial charge on any atom is -0.479 e. The van der Waals surface area contributed by atoms with Crippen molar-refractivity contribution in [2.75, 3.05) is 7.11 Å². The number of esters is 1. The first-order valence-corrected chi connectivity index (χ1v) is 6.10. The van der Waals surface area contributed by atoms with E-state index in [2.05, 4.69) is 4.74 Å². The van der Waals surface area contributed by atoms with Crippen LogP contribution >= 0.6 is 0 Å². The van der Waals surface area contributed by atoms with Crippen molar-refractivity contribution in [3.05, 3.63) is 54.6 Å². The Morgan fingerprint density at radius 3 is 2.11 bits per heavy atom. The van der Waals surface area contributed by atoms with Crippen molar-refractivity contribution < 1.29 is 14.3 Å². The molecular formula is C16H16O3. The summed E-state index contributed by atoms with van der Waals surface area (Å²) < 4.78 is 10.1. The van der Waals surface area contributed by atoms with E-state index in [0.717, 1.165) is 11.1 Å². The van der Waals surface area contributed by atoms with Crippen LogP contribution in [0.15, 0.2) is 54.6 Å². The SMILES string of the molecule is COC(=O)[C@H](C)Oc1ccc(-c2ccccc2)cc1. The maximum absolute atomic E-state index is 11.3. The Kier molecular flexibility index (Phi) is 4.18. The fraction of sp³-hybridized carbons (Fsp3) is 0.188. The molecule has 0 fully saturated rings. The highest BCUT2D eigenvalue weighted by Crippen LogP contribution is 2.22. The van der Waals surface area contributed by atoms with Gasteiger partial charge in [-0.05, 0) is 30.2 Å². The number of carbonyl (C=O) groups excluding carboxylic acids is 1. The molecule has 0 spiro atoms. The van der Waals surface area contributed by atoms with E-state index in [1.54, 1.807) is 6.92 Å². The standard InChI is InChI=1S/C16H16O3/c1-12(16(17)18-2)19-15-10-8-14(9-11-15)13-6-4-3-5-7-13/h3-12H,1-2H3/t12-/m0/s1. The molecule has 2 rings (SSSR count). The van der Waals surface area contributed by atoms with E-state index in [1.165, 1.54) is 7.11 Å². The summed E-state index contributed by atoms with van der Waals surface area (Å²) in [5.74, 6) is 0.268. The van der Waals surface area contributed by atoms with Crippen molar-refractivity contribution in [3.8, 4) is 16.9 Å². The molecule has 0 aliphatic carbocycles. The maximum Gasteiger partial charge on any atom is 0.346 e. The normalized spacial score (nSPS) is 11.7. The highest BCUT2D eigenvalue weighted by atomic mass is 16.6. The van der Waals surface area contributed by atoms with Gasteiger partial charge in [-0.25, -0.2) is 4.79 Å². The Balaban J connectivity index is 2.09. The van der Waals surface area contributed by atoms with Crippen LogP contribution in [-0.2, 0) is 9.53 Å². The summed E-state index contributed by atoms with van der Waals surface area (Å²) in [7, 11) is 1.35. The van der Waals surface area contributed by atoms with E-state index < -0.39 is 6.10 Å². The minimum absolute atomic E-state index is 0.382. The molecule has 0 radical (unpaired) electrons. The van der Waals surface area contributed by atoms with Gasteiger partial charge in [-0.1, -0.05) is 42.5 Å². The van der Waals surface area contributed by atoms with Crippen molar-refractivity contribution >= 4 is 5.97 Å². The molecule has 1 atom stereocenters. The van der Waals surface area contributed by atoms with Gasteiger partial charge in [0.15, 0.2) is 6.10 Å². The van der Waals surface area contributed by atoms with Gasteiger partial charge in [0.25, 0.3) is 0 Å². The fourth-order valence-corrected chi connectivity index (χ4v) is 1.77. The highest BCUT2D eigenvalue weighted by molar-refractivity contribution is 5.74. The predicted octanol–water partition coefficient (Wildman–Crippen LogP) is 3.29. The van der Waals surface area contributed by atoms with Gasteiger partial charge in [-0.2, -0.15) is 0 Å². The van der Waals surface area contributed by atoms with Crippen LogP contribution in [0.2, 0.25) is 0 Å². The van der Waals surface area contributed by atoms with Gasteiger partial charge in [0, 0.05) is 0 Å². The molecule has 0 amide bonds. The number of carbonyl (C=O) groups is 1. The molecule has 2 aromatic rings. The first-order valence-electron chi connectivity index (χ1n) is 6.10. The van der Waals surface area contributed by atoms with Crippen LogP contribution in [0.25, 0.3) is 11.1 Å². The summed E-state index contributed by atoms with van der Waals surface area (Å²) >= 11 is 0. The lowest BCUT2D eigenvalue weighted by atomic mass is 10.1. The lowest BCUT2D eigenvalue weighted by Gasteiger charge is -2.12. The second-order valence-corrected chi connectivity index (χ2v) is 4.17. The van der Waals surface area contributed by atoms with Crippen LogP contribution in [-0.4, -0.2) is 19.2 Å². The molecule has 3 nitrogen and oxygen atoms in total. The van der Waals surface area contributed by atoms with E-state index in [0.29, 0.717) is 5.75 Å². The van der Waals surface area contributed by atoms with Gasteiger partial charge in [-0.3, -0.25) is 0 Å². The van der Waals surface area contributed by atoms with Gasteiger partial charge in [0.05, 0.1) is 7.11 Å². The molecule has 0 aromatic heterocycles. The highest BCUT2D eigenvalue weighted by Gasteiger charge is 2.14. The third kappa shape index (κ3) is 3.35. The fourth-order valence-electron chi connectivity index (χ4n) is 1.77. The molecular weight excluding hydrogens is 240 g/mol. The molecule has 0 bridgehead atoms. The lowest BCUT2D eigenvalue weighted by molar-refractivity contribution is -0.147. The van der Waals surface area contributed by atoms with Crippen LogP contribution < -0.4 is 4.74 Å². The van der Waals surface area contributed by atoms with E-state index in [4.69, 9.17) is 4.74 Å². The molecule has 0 aliphatic rings. The zero-order valence-electron chi connectivity index (χ0n) is 11.0. The summed E-state index contributed by atoms with van der Waals surface area (Å²) in [5, 5.41) is 0. The Morgan fingerprint density at radius 2 is 1.53 bits per heavy atom. The topological polar surface area (TPSA) is 35.5 Å². The Labute approximate surface area is 112 Å². The van der Waals surface area contributed by atoms with Crippen molar-refractivity contribution in [3.63, 3.8) is 0 Å². The van der Waals surface area contributed by atoms with Crippen LogP contribution in [0.5, 0.6) is 5.75 Å². The number of rotatable bonds is 4. The largest absolute Gasteiger partial charge is 0.479 e. The smallest absolute Gasteiger partial charge is 0.346 e. The first-order chi connectivity index (χ1) is 9.20. The number of hydrogen-bond acceptors (Lipinski definition) is 3. The zero-order valence-corrected chi connectivity index (χ0v) is 11.0. The average molecular weight is 256 g/mol. The lowest BCUT2D eigenvalue weighted by Crippen LogP contribution is -2.24. The molecule has 0 aliphatic heterocycles. The van der Waals surface area contributed by atoms with Gasteiger partial charge >= 0.3 is 5.97 Å². The predicted molar refractivity (Wildman–Crippen MR) is 74.0 cm³/mol. The third-order valence-corrected chi connectivity index (χ3v) is 2.81. The van der Waals surface area contributed by atoms with Gasteiger partial charge in [0.2, 0.25) is 0 Å². The van der Waals surface area contributed by atoms with Gasteiger partial charge in [-0.15, -0.1) is 0 Å². The van der Waals surface area contributed by atoms with Crippen molar-refractivity contribution in [2.45, 2.75) is 13.0 Å². The Bertz CT molecular complexity index is 532. The van der Waals surface area contributed by atoms with E-state index in [-0.39, 0.29) is 5.97 Å². The summed E-state index contributed by atoms with van der Waals surface area (Å²) in [6, 6.07) is 17.7. The summed E-state index contributed by atoms with van der Waals surface area (Å²) in [5.41, 5.74) is 2.26. The average Bonchev–Trinajstić information content (AvgIpc) is 2.48. The molecule has 0 heterocycles. The van der Waals surface area contributed by atoms with Gasteiger partial charge < -0.3 is 9.47 Å². The van der Waals surface area contributed by atoms with E-state index in [9.17, 15) is 4.79 Å². The molecule has 19 heavy (non-hydrogen) atoms. The van der Waals surface area contributed by atoms with Crippen LogP contribution in [0.3, 0.4) is 0 Å². The zero-order chi connectivity index (χ0) is 13.7. The maximum atomic E-state index is 11.3. The van der Waals surface area contributed by atoms with Crippen LogP contribution in [0.1, 0.15) is 6.92 Å². The van der Waals surface area contributed by atoms with Crippen LogP contribution in [0, 0.1) is 0 Å². The number of hydrogen-bond donors (Lipinski definition) is 0. The summed E-state index contributed by atoms with van der Waals surface area (Å²) in [6.45, 7) is 1.66. The Morgan fingerprint density at radius 1 is 0.947 bits per heavy atom. The minimum atomic E-state index is -0.604. The summed E-state index contributed by atoms with van der Waals surface area (Å²) in [6.07, 6.45) is -0.604. The molecule has 0 unspecified atom stereocenters. The molecule has 2 aromatic carbocycles. The summed E-state index contributed by atoms with van der Waals surface area (Å²) in [4.78, 5) is 11.3. The first kappa shape index (κ1) is 13.1. The van der Waals surface area contributed by atoms with Crippen molar-refractivity contribution in [2.24, 2.45) is 0 Å². The quantitative estimate of drug-likeness (QED) is 0.787. The van der Waals surface area contributed by atoms with E-state index >= 15 is 0 Å².